The molecule has 0 bridgehead atoms. The van der Waals surface area contributed by atoms with E-state index < -0.39 is 17.8 Å². The second-order valence-corrected chi connectivity index (χ2v) is 3.58. The smallest absolute Gasteiger partial charge is 0.303 e. The molecule has 0 saturated carbocycles. The number of phenolic OH excluding ortho intramolecular Hbond substituents is 1. The molecule has 0 spiro atoms. The van der Waals surface area contributed by atoms with Crippen molar-refractivity contribution in [2.45, 2.75) is 18.9 Å². The third kappa shape index (κ3) is 3.32. The Morgan fingerprint density at radius 1 is 1.59 bits per heavy atom. The molecule has 17 heavy (non-hydrogen) atoms. The molecule has 0 radical (unpaired) electrons. The molecule has 0 amide bonds. The van der Waals surface area contributed by atoms with Crippen molar-refractivity contribution < 1.29 is 24.1 Å². The van der Waals surface area contributed by atoms with Crippen molar-refractivity contribution in [2.24, 2.45) is 5.73 Å². The first-order chi connectivity index (χ1) is 7.95. The Hall–Kier alpha value is -1.82. The second-order valence-electron chi connectivity index (χ2n) is 3.58. The summed E-state index contributed by atoms with van der Waals surface area (Å²) in [5.41, 5.74) is 5.72. The molecule has 1 aromatic carbocycles. The average molecular weight is 243 g/mol. The van der Waals surface area contributed by atoms with Gasteiger partial charge >= 0.3 is 5.97 Å². The molecular weight excluding hydrogens is 229 g/mol. The Morgan fingerprint density at radius 2 is 2.24 bits per heavy atom. The van der Waals surface area contributed by atoms with Crippen molar-refractivity contribution >= 4 is 5.97 Å². The topological polar surface area (TPSA) is 92.8 Å². The number of aromatic hydroxyl groups is 1. The third-order valence-corrected chi connectivity index (χ3v) is 2.37. The van der Waals surface area contributed by atoms with E-state index in [0.29, 0.717) is 0 Å². The summed E-state index contributed by atoms with van der Waals surface area (Å²) >= 11 is 0. The summed E-state index contributed by atoms with van der Waals surface area (Å²) in [6.45, 7) is 0. The highest BCUT2D eigenvalue weighted by atomic mass is 19.1. The van der Waals surface area contributed by atoms with E-state index in [9.17, 15) is 14.3 Å². The fourth-order valence-electron chi connectivity index (χ4n) is 1.44. The highest BCUT2D eigenvalue weighted by molar-refractivity contribution is 5.66. The maximum absolute atomic E-state index is 13.6. The van der Waals surface area contributed by atoms with Gasteiger partial charge in [-0.25, -0.2) is 4.39 Å². The van der Waals surface area contributed by atoms with Crippen molar-refractivity contribution in [2.75, 3.05) is 7.11 Å². The largest absolute Gasteiger partial charge is 0.504 e. The van der Waals surface area contributed by atoms with Crippen LogP contribution in [0.2, 0.25) is 0 Å². The van der Waals surface area contributed by atoms with Gasteiger partial charge in [-0.2, -0.15) is 0 Å². The maximum Gasteiger partial charge on any atom is 0.303 e. The molecule has 0 fully saturated rings. The van der Waals surface area contributed by atoms with E-state index >= 15 is 0 Å². The molecule has 0 aliphatic carbocycles. The van der Waals surface area contributed by atoms with E-state index in [-0.39, 0.29) is 29.9 Å². The first kappa shape index (κ1) is 13.2. The van der Waals surface area contributed by atoms with Crippen LogP contribution in [0.25, 0.3) is 0 Å². The van der Waals surface area contributed by atoms with Crippen molar-refractivity contribution in [3.8, 4) is 11.5 Å². The molecule has 0 aliphatic heterocycles. The summed E-state index contributed by atoms with van der Waals surface area (Å²) in [6, 6.07) is 1.40. The van der Waals surface area contributed by atoms with Crippen molar-refractivity contribution in [3.05, 3.63) is 23.5 Å². The highest BCUT2D eigenvalue weighted by Crippen LogP contribution is 2.31. The van der Waals surface area contributed by atoms with Crippen molar-refractivity contribution in [1.29, 1.82) is 0 Å². The number of carboxylic acid groups (broad SMARTS) is 1. The number of aliphatic carboxylic acids is 1. The minimum atomic E-state index is -1.00. The highest BCUT2D eigenvalue weighted by Gasteiger charge is 2.16. The number of hydrogen-bond acceptors (Lipinski definition) is 4. The lowest BCUT2D eigenvalue weighted by molar-refractivity contribution is -0.137. The number of benzene rings is 1. The number of carbonyl (C=O) groups is 1. The van der Waals surface area contributed by atoms with Crippen LogP contribution in [0.15, 0.2) is 12.1 Å². The zero-order valence-corrected chi connectivity index (χ0v) is 9.31. The van der Waals surface area contributed by atoms with Crippen LogP contribution in [0.3, 0.4) is 0 Å². The molecule has 5 nitrogen and oxygen atoms in total. The number of phenols is 1. The van der Waals surface area contributed by atoms with Gasteiger partial charge in [0, 0.05) is 24.1 Å². The molecule has 0 aliphatic rings. The zero-order valence-electron chi connectivity index (χ0n) is 9.31. The molecule has 0 heterocycles. The fourth-order valence-corrected chi connectivity index (χ4v) is 1.44. The SMILES string of the molecule is COc1cc(F)c(C(N)CCC(=O)O)cc1O. The van der Waals surface area contributed by atoms with Gasteiger partial charge in [-0.05, 0) is 12.5 Å². The lowest BCUT2D eigenvalue weighted by Crippen LogP contribution is -2.14. The monoisotopic (exact) mass is 243 g/mol. The molecule has 94 valence electrons. The zero-order chi connectivity index (χ0) is 13.0. The van der Waals surface area contributed by atoms with Crippen LogP contribution < -0.4 is 10.5 Å². The second kappa shape index (κ2) is 5.49. The molecule has 4 N–H and O–H groups in total. The Bertz CT molecular complexity index is 422. The lowest BCUT2D eigenvalue weighted by Gasteiger charge is -2.13. The normalized spacial score (nSPS) is 12.2. The molecule has 0 saturated heterocycles. The van der Waals surface area contributed by atoms with Crippen LogP contribution in [0.1, 0.15) is 24.4 Å². The van der Waals surface area contributed by atoms with Gasteiger partial charge in [0.05, 0.1) is 7.11 Å². The minimum Gasteiger partial charge on any atom is -0.504 e. The fraction of sp³-hybridized carbons (Fsp3) is 0.364. The first-order valence-electron chi connectivity index (χ1n) is 4.99. The molecule has 1 aromatic rings. The predicted molar refractivity (Wildman–Crippen MR) is 58.4 cm³/mol. The average Bonchev–Trinajstić information content (AvgIpc) is 2.28. The van der Waals surface area contributed by atoms with Gasteiger partial charge in [-0.15, -0.1) is 0 Å². The summed E-state index contributed by atoms with van der Waals surface area (Å²) in [7, 11) is 1.30. The Morgan fingerprint density at radius 3 is 2.76 bits per heavy atom. The van der Waals surface area contributed by atoms with Gasteiger partial charge in [0.15, 0.2) is 11.5 Å². The summed E-state index contributed by atoms with van der Waals surface area (Å²) in [6.07, 6.45) is -0.0641. The van der Waals surface area contributed by atoms with E-state index in [0.717, 1.165) is 12.1 Å². The third-order valence-electron chi connectivity index (χ3n) is 2.37. The van der Waals surface area contributed by atoms with Crippen LogP contribution in [0, 0.1) is 5.82 Å². The van der Waals surface area contributed by atoms with Crippen LogP contribution in [-0.4, -0.2) is 23.3 Å². The van der Waals surface area contributed by atoms with Crippen molar-refractivity contribution in [1.82, 2.24) is 0 Å². The van der Waals surface area contributed by atoms with Gasteiger partial charge in [0.1, 0.15) is 5.82 Å². The van der Waals surface area contributed by atoms with Gasteiger partial charge in [-0.1, -0.05) is 0 Å². The van der Waals surface area contributed by atoms with Crippen molar-refractivity contribution in [3.63, 3.8) is 0 Å². The number of halogens is 1. The van der Waals surface area contributed by atoms with E-state index in [4.69, 9.17) is 15.6 Å². The molecule has 1 unspecified atom stereocenters. The van der Waals surface area contributed by atoms with E-state index in [2.05, 4.69) is 0 Å². The minimum absolute atomic E-state index is 0.0108. The van der Waals surface area contributed by atoms with Crippen LogP contribution in [0.5, 0.6) is 11.5 Å². The number of nitrogens with two attached hydrogens (primary N) is 1. The maximum atomic E-state index is 13.6. The van der Waals surface area contributed by atoms with E-state index in [1.807, 2.05) is 0 Å². The summed E-state index contributed by atoms with van der Waals surface area (Å²) in [5.74, 6) is -1.84. The van der Waals surface area contributed by atoms with Crippen LogP contribution in [0.4, 0.5) is 4.39 Å². The molecular formula is C11H14FNO4. The summed E-state index contributed by atoms with van der Waals surface area (Å²) in [5, 5.41) is 18.0. The standard InChI is InChI=1S/C11H14FNO4/c1-17-10-5-7(12)6(4-9(10)14)8(13)2-3-11(15)16/h4-5,8,14H,2-3,13H2,1H3,(H,15,16). The summed E-state index contributed by atoms with van der Waals surface area (Å²) < 4.78 is 18.3. The summed E-state index contributed by atoms with van der Waals surface area (Å²) in [4.78, 5) is 10.4. The molecule has 1 rings (SSSR count). The number of hydrogen-bond donors (Lipinski definition) is 3. The predicted octanol–water partition coefficient (Wildman–Crippen LogP) is 1.40. The Labute approximate surface area is 97.6 Å². The number of carboxylic acids is 1. The van der Waals surface area contributed by atoms with Gasteiger partial charge < -0.3 is 20.7 Å². The first-order valence-corrected chi connectivity index (χ1v) is 4.99. The Kier molecular flexibility index (Phi) is 4.28. The van der Waals surface area contributed by atoms with Gasteiger partial charge in [0.2, 0.25) is 0 Å². The molecule has 0 aromatic heterocycles. The number of ether oxygens (including phenoxy) is 1. The quantitative estimate of drug-likeness (QED) is 0.727. The molecule has 1 atom stereocenters. The lowest BCUT2D eigenvalue weighted by atomic mass is 10.0. The molecule has 6 heteroatoms. The number of rotatable bonds is 5. The Balaban J connectivity index is 2.90. The van der Waals surface area contributed by atoms with Gasteiger partial charge in [-0.3, -0.25) is 4.79 Å². The van der Waals surface area contributed by atoms with Gasteiger partial charge in [0.25, 0.3) is 0 Å². The van der Waals surface area contributed by atoms with E-state index in [1.165, 1.54) is 7.11 Å². The van der Waals surface area contributed by atoms with E-state index in [1.54, 1.807) is 0 Å². The van der Waals surface area contributed by atoms with Crippen LogP contribution >= 0.6 is 0 Å². The van der Waals surface area contributed by atoms with Crippen LogP contribution in [-0.2, 0) is 4.79 Å². The number of methoxy groups -OCH3 is 1.